The number of benzene rings is 2. The summed E-state index contributed by atoms with van der Waals surface area (Å²) in [5, 5.41) is 19.0. The SMILES string of the molecule is COc1ccc(CNC(=O)NC(C)C(O)C(=O)N2CSC(C)(C)[C@H]2C(=O)NCc2ccc(OC)cc2)cc1. The van der Waals surface area contributed by atoms with E-state index in [2.05, 4.69) is 16.0 Å². The van der Waals surface area contributed by atoms with E-state index in [1.54, 1.807) is 33.3 Å². The van der Waals surface area contributed by atoms with E-state index in [0.29, 0.717) is 5.75 Å². The van der Waals surface area contributed by atoms with Crippen LogP contribution >= 0.6 is 11.8 Å². The van der Waals surface area contributed by atoms with E-state index in [1.165, 1.54) is 16.7 Å². The molecule has 1 saturated heterocycles. The smallest absolute Gasteiger partial charge is 0.315 e. The Balaban J connectivity index is 1.56. The Bertz CT molecular complexity index is 1110. The van der Waals surface area contributed by atoms with Crippen molar-refractivity contribution in [3.63, 3.8) is 0 Å². The highest BCUT2D eigenvalue weighted by atomic mass is 32.2. The maximum absolute atomic E-state index is 13.2. The van der Waals surface area contributed by atoms with Crippen molar-refractivity contribution >= 4 is 29.6 Å². The average molecular weight is 545 g/mol. The summed E-state index contributed by atoms with van der Waals surface area (Å²) >= 11 is 1.46. The van der Waals surface area contributed by atoms with Crippen molar-refractivity contribution < 1.29 is 29.0 Å². The van der Waals surface area contributed by atoms with Gasteiger partial charge in [-0.15, -0.1) is 11.8 Å². The molecule has 4 amide bonds. The first kappa shape index (κ1) is 29.1. The van der Waals surface area contributed by atoms with Crippen LogP contribution in [0.1, 0.15) is 31.9 Å². The number of carbonyl (C=O) groups is 3. The number of aliphatic hydroxyl groups excluding tert-OH is 1. The van der Waals surface area contributed by atoms with Crippen molar-refractivity contribution in [1.29, 1.82) is 0 Å². The van der Waals surface area contributed by atoms with Gasteiger partial charge < -0.3 is 35.4 Å². The molecule has 11 heteroatoms. The Labute approximate surface area is 227 Å². The average Bonchev–Trinajstić information content (AvgIpc) is 3.24. The zero-order valence-electron chi connectivity index (χ0n) is 22.3. The van der Waals surface area contributed by atoms with Gasteiger partial charge in [0, 0.05) is 17.8 Å². The van der Waals surface area contributed by atoms with Crippen LogP contribution < -0.4 is 25.4 Å². The highest BCUT2D eigenvalue weighted by Gasteiger charge is 2.49. The van der Waals surface area contributed by atoms with E-state index >= 15 is 0 Å². The second-order valence-electron chi connectivity index (χ2n) is 9.56. The van der Waals surface area contributed by atoms with Crippen LogP contribution in [0.5, 0.6) is 11.5 Å². The van der Waals surface area contributed by atoms with Crippen molar-refractivity contribution in [1.82, 2.24) is 20.9 Å². The van der Waals surface area contributed by atoms with Crippen LogP contribution in [0.25, 0.3) is 0 Å². The van der Waals surface area contributed by atoms with Crippen molar-refractivity contribution in [2.24, 2.45) is 0 Å². The zero-order chi connectivity index (χ0) is 27.9. The molecular formula is C27H36N4O6S. The normalized spacial score (nSPS) is 17.7. The largest absolute Gasteiger partial charge is 0.497 e. The molecule has 1 fully saturated rings. The number of methoxy groups -OCH3 is 2. The molecule has 2 aromatic rings. The molecule has 4 N–H and O–H groups in total. The summed E-state index contributed by atoms with van der Waals surface area (Å²) in [6, 6.07) is 12.4. The molecule has 0 spiro atoms. The number of hydrogen-bond donors (Lipinski definition) is 4. The summed E-state index contributed by atoms with van der Waals surface area (Å²) in [6.07, 6.45) is -1.52. The van der Waals surface area contributed by atoms with Crippen LogP contribution in [0.15, 0.2) is 48.5 Å². The standard InChI is InChI=1S/C27H36N4O6S/c1-17(30-26(35)29-15-19-8-12-21(37-5)13-9-19)22(32)25(34)31-16-38-27(2,3)23(31)24(33)28-14-18-6-10-20(36-4)11-7-18/h6-13,17,22-23,32H,14-16H2,1-5H3,(H,28,33)(H2,29,30,35)/t17?,22?,23-/m1/s1. The molecule has 38 heavy (non-hydrogen) atoms. The lowest BCUT2D eigenvalue weighted by molar-refractivity contribution is -0.147. The van der Waals surface area contributed by atoms with E-state index in [9.17, 15) is 19.5 Å². The molecule has 3 rings (SSSR count). The molecule has 10 nitrogen and oxygen atoms in total. The second-order valence-corrected chi connectivity index (χ2v) is 11.2. The maximum Gasteiger partial charge on any atom is 0.315 e. The van der Waals surface area contributed by atoms with Gasteiger partial charge in [0.2, 0.25) is 5.91 Å². The van der Waals surface area contributed by atoms with Gasteiger partial charge in [0.05, 0.1) is 26.1 Å². The van der Waals surface area contributed by atoms with Gasteiger partial charge in [0.25, 0.3) is 5.91 Å². The molecule has 0 radical (unpaired) electrons. The molecule has 1 aliphatic heterocycles. The lowest BCUT2D eigenvalue weighted by Crippen LogP contribution is -2.58. The van der Waals surface area contributed by atoms with Crippen LogP contribution in [0, 0.1) is 0 Å². The molecule has 2 unspecified atom stereocenters. The molecule has 1 aliphatic rings. The maximum atomic E-state index is 13.2. The summed E-state index contributed by atoms with van der Waals surface area (Å²) < 4.78 is 9.72. The van der Waals surface area contributed by atoms with Crippen LogP contribution in [-0.4, -0.2) is 70.9 Å². The number of carbonyl (C=O) groups excluding carboxylic acids is 3. The predicted molar refractivity (Wildman–Crippen MR) is 146 cm³/mol. The third-order valence-corrected chi connectivity index (χ3v) is 7.78. The zero-order valence-corrected chi connectivity index (χ0v) is 23.1. The molecule has 1 heterocycles. The first-order chi connectivity index (χ1) is 18.1. The molecule has 0 aliphatic carbocycles. The summed E-state index contributed by atoms with van der Waals surface area (Å²) in [5.41, 5.74) is 1.75. The summed E-state index contributed by atoms with van der Waals surface area (Å²) in [6.45, 7) is 5.88. The van der Waals surface area contributed by atoms with Gasteiger partial charge in [0.15, 0.2) is 6.10 Å². The predicted octanol–water partition coefficient (Wildman–Crippen LogP) is 2.25. The van der Waals surface area contributed by atoms with Crippen molar-refractivity contribution in [2.45, 2.75) is 56.8 Å². The molecular weight excluding hydrogens is 508 g/mol. The molecule has 2 aromatic carbocycles. The molecule has 0 saturated carbocycles. The minimum Gasteiger partial charge on any atom is -0.497 e. The number of hydrogen-bond acceptors (Lipinski definition) is 7. The first-order valence-corrected chi connectivity index (χ1v) is 13.2. The quantitative estimate of drug-likeness (QED) is 0.361. The highest BCUT2D eigenvalue weighted by molar-refractivity contribution is 8.00. The summed E-state index contributed by atoms with van der Waals surface area (Å²) in [7, 11) is 3.16. The third-order valence-electron chi connectivity index (χ3n) is 6.40. The fraction of sp³-hybridized carbons (Fsp3) is 0.444. The van der Waals surface area contributed by atoms with E-state index in [4.69, 9.17) is 9.47 Å². The van der Waals surface area contributed by atoms with Gasteiger partial charge >= 0.3 is 6.03 Å². The van der Waals surface area contributed by atoms with Crippen molar-refractivity contribution in [3.8, 4) is 11.5 Å². The minimum absolute atomic E-state index is 0.250. The Morgan fingerprint density at radius 1 is 0.974 bits per heavy atom. The fourth-order valence-corrected chi connectivity index (χ4v) is 5.23. The number of ether oxygens (including phenoxy) is 2. The Morgan fingerprint density at radius 2 is 1.47 bits per heavy atom. The number of aliphatic hydroxyl groups is 1. The van der Waals surface area contributed by atoms with E-state index in [1.807, 2.05) is 50.2 Å². The van der Waals surface area contributed by atoms with Gasteiger partial charge in [-0.3, -0.25) is 9.59 Å². The monoisotopic (exact) mass is 544 g/mol. The second kappa shape index (κ2) is 12.9. The van der Waals surface area contributed by atoms with Crippen LogP contribution in [0.4, 0.5) is 4.79 Å². The highest BCUT2D eigenvalue weighted by Crippen LogP contribution is 2.39. The first-order valence-electron chi connectivity index (χ1n) is 12.3. The Hall–Kier alpha value is -3.44. The van der Waals surface area contributed by atoms with E-state index in [-0.39, 0.29) is 24.9 Å². The third kappa shape index (κ3) is 7.32. The van der Waals surface area contributed by atoms with Crippen molar-refractivity contribution in [3.05, 3.63) is 59.7 Å². The summed E-state index contributed by atoms with van der Waals surface area (Å²) in [4.78, 5) is 40.2. The van der Waals surface area contributed by atoms with Gasteiger partial charge in [-0.05, 0) is 56.2 Å². The van der Waals surface area contributed by atoms with Crippen LogP contribution in [0.3, 0.4) is 0 Å². The number of nitrogens with one attached hydrogen (secondary N) is 3. The number of nitrogens with zero attached hydrogens (tertiary/aromatic N) is 1. The number of thioether (sulfide) groups is 1. The number of rotatable bonds is 10. The fourth-order valence-electron chi connectivity index (χ4n) is 4.09. The lowest BCUT2D eigenvalue weighted by atomic mass is 9.99. The van der Waals surface area contributed by atoms with Crippen molar-refractivity contribution in [2.75, 3.05) is 20.1 Å². The molecule has 206 valence electrons. The van der Waals surface area contributed by atoms with Gasteiger partial charge in [-0.25, -0.2) is 4.79 Å². The number of urea groups is 1. The summed E-state index contributed by atoms with van der Waals surface area (Å²) in [5.74, 6) is 0.755. The molecule has 0 aromatic heterocycles. The Kier molecular flexibility index (Phi) is 9.87. The van der Waals surface area contributed by atoms with Crippen LogP contribution in [0.2, 0.25) is 0 Å². The topological polar surface area (TPSA) is 129 Å². The minimum atomic E-state index is -1.52. The van der Waals surface area contributed by atoms with E-state index in [0.717, 1.165) is 16.9 Å². The Morgan fingerprint density at radius 3 is 1.97 bits per heavy atom. The number of amides is 4. The van der Waals surface area contributed by atoms with E-state index < -0.39 is 34.9 Å². The molecule has 0 bridgehead atoms. The van der Waals surface area contributed by atoms with Gasteiger partial charge in [-0.1, -0.05) is 24.3 Å². The van der Waals surface area contributed by atoms with Crippen LogP contribution in [-0.2, 0) is 22.7 Å². The van der Waals surface area contributed by atoms with Gasteiger partial charge in [0.1, 0.15) is 17.5 Å². The molecule has 3 atom stereocenters. The van der Waals surface area contributed by atoms with Gasteiger partial charge in [-0.2, -0.15) is 0 Å². The lowest BCUT2D eigenvalue weighted by Gasteiger charge is -2.32.